The third-order valence-corrected chi connectivity index (χ3v) is 4.98. The molecule has 2 N–H and O–H groups in total. The first kappa shape index (κ1) is 21.4. The molecule has 0 fully saturated rings. The molecule has 2 amide bonds. The molecule has 0 radical (unpaired) electrons. The number of hydrogen-bond donors (Lipinski definition) is 2. The number of ether oxygens (including phenoxy) is 2. The predicted octanol–water partition coefficient (Wildman–Crippen LogP) is 2.47. The average Bonchev–Trinajstić information content (AvgIpc) is 3.20. The topological polar surface area (TPSA) is 93.7 Å². The van der Waals surface area contributed by atoms with Crippen molar-refractivity contribution in [2.24, 2.45) is 0 Å². The first-order chi connectivity index (χ1) is 14.4. The van der Waals surface area contributed by atoms with Gasteiger partial charge >= 0.3 is 5.97 Å². The number of fused-ring (bicyclic) bond motifs is 1. The lowest BCUT2D eigenvalue weighted by Gasteiger charge is -2.12. The predicted molar refractivity (Wildman–Crippen MR) is 112 cm³/mol. The van der Waals surface area contributed by atoms with Crippen LogP contribution in [-0.4, -0.2) is 37.5 Å². The summed E-state index contributed by atoms with van der Waals surface area (Å²) in [5.41, 5.74) is 5.17. The lowest BCUT2D eigenvalue weighted by atomic mass is 10.1. The van der Waals surface area contributed by atoms with Gasteiger partial charge in [0.2, 0.25) is 5.91 Å². The summed E-state index contributed by atoms with van der Waals surface area (Å²) in [7, 11) is 0. The van der Waals surface area contributed by atoms with Crippen LogP contribution in [0.25, 0.3) is 0 Å². The van der Waals surface area contributed by atoms with Crippen LogP contribution in [0.15, 0.2) is 36.4 Å². The monoisotopic (exact) mass is 410 g/mol. The molecule has 7 heteroatoms. The Morgan fingerprint density at radius 3 is 2.43 bits per heavy atom. The standard InChI is InChI=1S/C23H26N2O5/c1-15-5-3-6-16(2)23(15)25-20(26)12-24-21(27)13-30-22(28)14-29-19-10-9-17-7-4-8-18(17)11-19/h3,5-6,9-11H,4,7-8,12-14H2,1-2H3,(H,24,27)(H,25,26). The van der Waals surface area contributed by atoms with Crippen molar-refractivity contribution in [3.63, 3.8) is 0 Å². The average molecular weight is 410 g/mol. The molecule has 30 heavy (non-hydrogen) atoms. The largest absolute Gasteiger partial charge is 0.482 e. The van der Waals surface area contributed by atoms with E-state index in [0.717, 1.165) is 36.1 Å². The van der Waals surface area contributed by atoms with Gasteiger partial charge in [-0.05, 0) is 67.5 Å². The van der Waals surface area contributed by atoms with E-state index in [1.807, 2.05) is 50.2 Å². The van der Waals surface area contributed by atoms with Gasteiger partial charge in [0.25, 0.3) is 5.91 Å². The lowest BCUT2D eigenvalue weighted by molar-refractivity contribution is -0.150. The maximum absolute atomic E-state index is 12.0. The molecule has 158 valence electrons. The molecule has 0 atom stereocenters. The van der Waals surface area contributed by atoms with Crippen molar-refractivity contribution in [2.75, 3.05) is 25.1 Å². The SMILES string of the molecule is Cc1cccc(C)c1NC(=O)CNC(=O)COC(=O)COc1ccc2c(c1)CCC2. The Bertz CT molecular complexity index is 934. The van der Waals surface area contributed by atoms with E-state index in [1.54, 1.807) is 0 Å². The maximum atomic E-state index is 12.0. The number of para-hydroxylation sites is 1. The van der Waals surface area contributed by atoms with E-state index >= 15 is 0 Å². The first-order valence-electron chi connectivity index (χ1n) is 9.95. The Morgan fingerprint density at radius 2 is 1.67 bits per heavy atom. The van der Waals surface area contributed by atoms with Gasteiger partial charge < -0.3 is 20.1 Å². The van der Waals surface area contributed by atoms with Gasteiger partial charge in [-0.3, -0.25) is 9.59 Å². The molecular formula is C23H26N2O5. The molecule has 1 aliphatic carbocycles. The maximum Gasteiger partial charge on any atom is 0.344 e. The summed E-state index contributed by atoms with van der Waals surface area (Å²) < 4.78 is 10.3. The van der Waals surface area contributed by atoms with Crippen LogP contribution in [0.2, 0.25) is 0 Å². The Morgan fingerprint density at radius 1 is 0.933 bits per heavy atom. The van der Waals surface area contributed by atoms with Crippen molar-refractivity contribution in [1.82, 2.24) is 5.32 Å². The highest BCUT2D eigenvalue weighted by Gasteiger charge is 2.14. The Hall–Kier alpha value is -3.35. The van der Waals surface area contributed by atoms with Crippen molar-refractivity contribution in [3.05, 3.63) is 58.7 Å². The second kappa shape index (κ2) is 9.91. The van der Waals surface area contributed by atoms with E-state index in [1.165, 1.54) is 11.1 Å². The van der Waals surface area contributed by atoms with Crippen molar-refractivity contribution in [1.29, 1.82) is 0 Å². The van der Waals surface area contributed by atoms with Gasteiger partial charge in [0.15, 0.2) is 13.2 Å². The summed E-state index contributed by atoms with van der Waals surface area (Å²) in [6.07, 6.45) is 3.24. The van der Waals surface area contributed by atoms with E-state index in [-0.39, 0.29) is 19.1 Å². The Kier molecular flexibility index (Phi) is 7.06. The van der Waals surface area contributed by atoms with Crippen molar-refractivity contribution in [3.8, 4) is 5.75 Å². The van der Waals surface area contributed by atoms with Crippen molar-refractivity contribution in [2.45, 2.75) is 33.1 Å². The van der Waals surface area contributed by atoms with Crippen LogP contribution < -0.4 is 15.4 Å². The summed E-state index contributed by atoms with van der Waals surface area (Å²) in [4.78, 5) is 35.7. The fourth-order valence-electron chi connectivity index (χ4n) is 3.39. The summed E-state index contributed by atoms with van der Waals surface area (Å²) in [6, 6.07) is 11.5. The number of hydrogen-bond acceptors (Lipinski definition) is 5. The second-order valence-corrected chi connectivity index (χ2v) is 7.33. The smallest absolute Gasteiger partial charge is 0.344 e. The summed E-state index contributed by atoms with van der Waals surface area (Å²) in [5, 5.41) is 5.20. The molecule has 0 saturated heterocycles. The van der Waals surface area contributed by atoms with E-state index in [2.05, 4.69) is 10.6 Å². The van der Waals surface area contributed by atoms with Gasteiger partial charge in [0.05, 0.1) is 6.54 Å². The number of anilines is 1. The second-order valence-electron chi connectivity index (χ2n) is 7.33. The summed E-state index contributed by atoms with van der Waals surface area (Å²) >= 11 is 0. The van der Waals surface area contributed by atoms with Gasteiger partial charge in [-0.15, -0.1) is 0 Å². The highest BCUT2D eigenvalue weighted by Crippen LogP contribution is 2.26. The minimum absolute atomic E-state index is 0.213. The third kappa shape index (κ3) is 5.83. The summed E-state index contributed by atoms with van der Waals surface area (Å²) in [5.74, 6) is -0.949. The van der Waals surface area contributed by atoms with Gasteiger partial charge in [0.1, 0.15) is 5.75 Å². The molecule has 2 aromatic rings. The number of amides is 2. The molecule has 0 aromatic heterocycles. The molecular weight excluding hydrogens is 384 g/mol. The minimum Gasteiger partial charge on any atom is -0.482 e. The van der Waals surface area contributed by atoms with Crippen molar-refractivity contribution >= 4 is 23.5 Å². The van der Waals surface area contributed by atoms with Gasteiger partial charge in [-0.2, -0.15) is 0 Å². The molecule has 0 aliphatic heterocycles. The van der Waals surface area contributed by atoms with Crippen LogP contribution in [0.3, 0.4) is 0 Å². The fourth-order valence-corrected chi connectivity index (χ4v) is 3.39. The van der Waals surface area contributed by atoms with Crippen LogP contribution in [0.1, 0.15) is 28.7 Å². The Balaban J connectivity index is 1.35. The number of carbonyl (C=O) groups excluding carboxylic acids is 3. The van der Waals surface area contributed by atoms with Gasteiger partial charge in [-0.25, -0.2) is 4.79 Å². The van der Waals surface area contributed by atoms with Crippen LogP contribution in [0.5, 0.6) is 5.75 Å². The Labute approximate surface area is 175 Å². The number of nitrogens with one attached hydrogen (secondary N) is 2. The molecule has 0 bridgehead atoms. The molecule has 0 spiro atoms. The lowest BCUT2D eigenvalue weighted by Crippen LogP contribution is -2.36. The molecule has 7 nitrogen and oxygen atoms in total. The zero-order chi connectivity index (χ0) is 21.5. The molecule has 0 unspecified atom stereocenters. The highest BCUT2D eigenvalue weighted by molar-refractivity contribution is 5.96. The highest BCUT2D eigenvalue weighted by atomic mass is 16.6. The quantitative estimate of drug-likeness (QED) is 0.652. The zero-order valence-electron chi connectivity index (χ0n) is 17.2. The first-order valence-corrected chi connectivity index (χ1v) is 9.95. The third-order valence-electron chi connectivity index (χ3n) is 4.98. The van der Waals surface area contributed by atoms with E-state index < -0.39 is 18.5 Å². The van der Waals surface area contributed by atoms with E-state index in [9.17, 15) is 14.4 Å². The number of esters is 1. The van der Waals surface area contributed by atoms with E-state index in [0.29, 0.717) is 5.75 Å². The van der Waals surface area contributed by atoms with Crippen LogP contribution in [0.4, 0.5) is 5.69 Å². The molecule has 0 heterocycles. The van der Waals surface area contributed by atoms with Gasteiger partial charge in [0, 0.05) is 5.69 Å². The van der Waals surface area contributed by atoms with Gasteiger partial charge in [-0.1, -0.05) is 24.3 Å². The normalized spacial score (nSPS) is 12.1. The summed E-state index contributed by atoms with van der Waals surface area (Å²) in [6.45, 7) is 2.83. The molecule has 1 aliphatic rings. The zero-order valence-corrected chi connectivity index (χ0v) is 17.2. The minimum atomic E-state index is -0.648. The fraction of sp³-hybridized carbons (Fsp3) is 0.348. The number of rotatable bonds is 8. The van der Waals surface area contributed by atoms with Crippen LogP contribution in [-0.2, 0) is 32.0 Å². The molecule has 2 aromatic carbocycles. The number of benzene rings is 2. The van der Waals surface area contributed by atoms with Crippen LogP contribution >= 0.6 is 0 Å². The van der Waals surface area contributed by atoms with Crippen LogP contribution in [0, 0.1) is 13.8 Å². The number of carbonyl (C=O) groups is 3. The molecule has 0 saturated carbocycles. The number of aryl methyl sites for hydroxylation is 4. The van der Waals surface area contributed by atoms with Crippen molar-refractivity contribution < 1.29 is 23.9 Å². The molecule has 3 rings (SSSR count). The van der Waals surface area contributed by atoms with E-state index in [4.69, 9.17) is 9.47 Å².